The maximum absolute atomic E-state index is 13.4. The third-order valence-electron chi connectivity index (χ3n) is 5.18. The van der Waals surface area contributed by atoms with E-state index in [1.54, 1.807) is 28.0 Å². The molecule has 0 fully saturated rings. The smallest absolute Gasteiger partial charge is 0.219 e. The van der Waals surface area contributed by atoms with Crippen molar-refractivity contribution in [3.8, 4) is 6.07 Å². The average molecular weight is 458 g/mol. The van der Waals surface area contributed by atoms with Crippen LogP contribution >= 0.6 is 34.4 Å². The molecular weight excluding hydrogens is 434 g/mol. The number of thioether (sulfide) groups is 1. The third-order valence-corrected chi connectivity index (χ3v) is 7.88. The van der Waals surface area contributed by atoms with E-state index in [1.165, 1.54) is 11.3 Å². The van der Waals surface area contributed by atoms with Crippen LogP contribution in [-0.4, -0.2) is 21.2 Å². The topological polar surface area (TPSA) is 95.9 Å². The lowest BCUT2D eigenvalue weighted by Crippen LogP contribution is -2.42. The van der Waals surface area contributed by atoms with Crippen molar-refractivity contribution in [2.45, 2.75) is 56.0 Å². The predicted octanol–water partition coefficient (Wildman–Crippen LogP) is 5.04. The Balaban J connectivity index is 1.91. The maximum atomic E-state index is 13.4. The first-order valence-corrected chi connectivity index (χ1v) is 12.3. The van der Waals surface area contributed by atoms with Gasteiger partial charge in [0.2, 0.25) is 5.13 Å². The van der Waals surface area contributed by atoms with Crippen molar-refractivity contribution < 1.29 is 4.79 Å². The highest BCUT2D eigenvalue weighted by Crippen LogP contribution is 2.51. The summed E-state index contributed by atoms with van der Waals surface area (Å²) >= 11 is 4.62. The third kappa shape index (κ3) is 3.68. The fourth-order valence-corrected chi connectivity index (χ4v) is 6.83. The fraction of sp³-hybridized carbons (Fsp3) is 0.429. The minimum absolute atomic E-state index is 0.0731. The monoisotopic (exact) mass is 457 g/mol. The molecule has 3 heterocycles. The summed E-state index contributed by atoms with van der Waals surface area (Å²) in [7, 11) is 0. The summed E-state index contributed by atoms with van der Waals surface area (Å²) in [5.41, 5.74) is 9.25. The summed E-state index contributed by atoms with van der Waals surface area (Å²) in [6, 6.07) is 4.26. The molecule has 2 N–H and O–H groups in total. The summed E-state index contributed by atoms with van der Waals surface area (Å²) in [4.78, 5) is 15.2. The Labute approximate surface area is 188 Å². The zero-order valence-corrected chi connectivity index (χ0v) is 19.7. The normalized spacial score (nSPS) is 21.3. The maximum Gasteiger partial charge on any atom is 0.219 e. The van der Waals surface area contributed by atoms with Gasteiger partial charge >= 0.3 is 0 Å². The Hall–Kier alpha value is -2.15. The van der Waals surface area contributed by atoms with Crippen LogP contribution in [0, 0.1) is 16.7 Å². The number of hydrogen-bond acceptors (Lipinski definition) is 9. The Kier molecular flexibility index (Phi) is 5.51. The van der Waals surface area contributed by atoms with Crippen molar-refractivity contribution in [1.82, 2.24) is 10.2 Å². The van der Waals surface area contributed by atoms with Crippen molar-refractivity contribution in [3.63, 3.8) is 0 Å². The van der Waals surface area contributed by atoms with Gasteiger partial charge < -0.3 is 5.73 Å². The molecule has 0 amide bonds. The molecule has 2 aromatic rings. The highest BCUT2D eigenvalue weighted by Gasteiger charge is 2.45. The zero-order chi connectivity index (χ0) is 21.6. The van der Waals surface area contributed by atoms with Crippen LogP contribution in [-0.2, 0) is 4.79 Å². The van der Waals surface area contributed by atoms with Crippen molar-refractivity contribution in [1.29, 1.82) is 5.26 Å². The van der Waals surface area contributed by atoms with E-state index in [1.807, 2.05) is 16.8 Å². The lowest BCUT2D eigenvalue weighted by atomic mass is 9.69. The largest absolute Gasteiger partial charge is 0.384 e. The first-order valence-electron chi connectivity index (χ1n) is 9.70. The van der Waals surface area contributed by atoms with Crippen molar-refractivity contribution >= 4 is 45.4 Å². The number of anilines is 1. The van der Waals surface area contributed by atoms with E-state index in [0.29, 0.717) is 40.2 Å². The number of rotatable bonds is 4. The zero-order valence-electron chi connectivity index (χ0n) is 17.3. The number of aromatic nitrogens is 2. The molecule has 0 aromatic carbocycles. The van der Waals surface area contributed by atoms with Crippen LogP contribution in [0.5, 0.6) is 0 Å². The van der Waals surface area contributed by atoms with E-state index in [9.17, 15) is 10.1 Å². The second kappa shape index (κ2) is 7.84. The molecule has 0 spiro atoms. The van der Waals surface area contributed by atoms with Crippen LogP contribution in [0.4, 0.5) is 5.13 Å². The molecule has 4 rings (SSSR count). The van der Waals surface area contributed by atoms with Gasteiger partial charge in [0.15, 0.2) is 10.1 Å². The van der Waals surface area contributed by atoms with Gasteiger partial charge in [0.25, 0.3) is 0 Å². The summed E-state index contributed by atoms with van der Waals surface area (Å²) in [5, 5.41) is 23.6. The Bertz CT molecular complexity index is 1090. The molecule has 30 heavy (non-hydrogen) atoms. The number of nitrogens with zero attached hydrogens (tertiary/aromatic N) is 4. The first kappa shape index (κ1) is 21.1. The molecular formula is C21H23N5OS3. The van der Waals surface area contributed by atoms with Gasteiger partial charge in [-0.1, -0.05) is 50.8 Å². The van der Waals surface area contributed by atoms with Gasteiger partial charge in [-0.2, -0.15) is 16.6 Å². The summed E-state index contributed by atoms with van der Waals surface area (Å²) in [5.74, 6) is -0.00674. The molecule has 0 bridgehead atoms. The van der Waals surface area contributed by atoms with Crippen LogP contribution in [0.25, 0.3) is 0 Å². The van der Waals surface area contributed by atoms with Gasteiger partial charge in [-0.05, 0) is 34.2 Å². The molecule has 2 aliphatic rings. The number of Topliss-reactive ketones (excluding diaryl/α,β-unsaturated/α-hetero) is 1. The van der Waals surface area contributed by atoms with Gasteiger partial charge in [0.1, 0.15) is 5.82 Å². The minimum Gasteiger partial charge on any atom is -0.384 e. The van der Waals surface area contributed by atoms with E-state index in [4.69, 9.17) is 5.73 Å². The number of hydrogen-bond donors (Lipinski definition) is 1. The molecule has 0 radical (unpaired) electrons. The molecule has 156 valence electrons. The van der Waals surface area contributed by atoms with Crippen molar-refractivity contribution in [2.75, 3.05) is 4.90 Å². The lowest BCUT2D eigenvalue weighted by molar-refractivity contribution is -0.118. The first-order chi connectivity index (χ1) is 14.2. The molecule has 1 atom stereocenters. The molecule has 9 heteroatoms. The van der Waals surface area contributed by atoms with Gasteiger partial charge in [0, 0.05) is 22.9 Å². The van der Waals surface area contributed by atoms with E-state index in [-0.39, 0.29) is 11.2 Å². The van der Waals surface area contributed by atoms with E-state index >= 15 is 0 Å². The average Bonchev–Trinajstić information content (AvgIpc) is 3.31. The van der Waals surface area contributed by atoms with E-state index in [2.05, 4.69) is 44.0 Å². The van der Waals surface area contributed by atoms with Crippen molar-refractivity contribution in [3.05, 3.63) is 45.1 Å². The molecule has 0 saturated carbocycles. The number of nitriles is 1. The Morgan fingerprint density at radius 3 is 2.77 bits per heavy atom. The van der Waals surface area contributed by atoms with E-state index in [0.717, 1.165) is 15.6 Å². The quantitative estimate of drug-likeness (QED) is 0.642. The highest BCUT2D eigenvalue weighted by molar-refractivity contribution is 8.01. The van der Waals surface area contributed by atoms with Gasteiger partial charge in [0.05, 0.1) is 17.6 Å². The van der Waals surface area contributed by atoms with E-state index < -0.39 is 5.92 Å². The molecule has 1 aliphatic carbocycles. The van der Waals surface area contributed by atoms with Crippen LogP contribution in [0.15, 0.2) is 43.8 Å². The number of thiophene rings is 1. The Morgan fingerprint density at radius 2 is 2.13 bits per heavy atom. The highest BCUT2D eigenvalue weighted by atomic mass is 32.2. The molecule has 6 nitrogen and oxygen atoms in total. The molecule has 2 aromatic heterocycles. The second-order valence-corrected chi connectivity index (χ2v) is 12.1. The standard InChI is InChI=1S/C21H23N5OS3/c1-11(2)29-20-25-24-19(30-20)26-14-7-21(3,4)8-15(27)17(14)16(12-5-6-28-10-12)13(9-22)18(26)23/h5-6,10-11,16H,7-8,23H2,1-4H3. The van der Waals surface area contributed by atoms with Gasteiger partial charge in [-0.25, -0.2) is 0 Å². The molecule has 1 unspecified atom stereocenters. The van der Waals surface area contributed by atoms with Crippen molar-refractivity contribution in [2.24, 2.45) is 11.1 Å². The predicted molar refractivity (Wildman–Crippen MR) is 122 cm³/mol. The van der Waals surface area contributed by atoms with Gasteiger partial charge in [-0.3, -0.25) is 9.69 Å². The number of carbonyl (C=O) groups is 1. The summed E-state index contributed by atoms with van der Waals surface area (Å²) in [6.45, 7) is 8.38. The fourth-order valence-electron chi connectivity index (χ4n) is 4.04. The van der Waals surface area contributed by atoms with Crippen LogP contribution < -0.4 is 10.6 Å². The Morgan fingerprint density at radius 1 is 1.37 bits per heavy atom. The number of carbonyl (C=O) groups excluding carboxylic acids is 1. The number of ketones is 1. The second-order valence-electron chi connectivity index (χ2n) is 8.55. The lowest BCUT2D eigenvalue weighted by Gasteiger charge is -2.42. The van der Waals surface area contributed by atoms with Crippen LogP contribution in [0.3, 0.4) is 0 Å². The molecule has 1 aliphatic heterocycles. The van der Waals surface area contributed by atoms with Gasteiger partial charge in [-0.15, -0.1) is 10.2 Å². The summed E-state index contributed by atoms with van der Waals surface area (Å²) < 4.78 is 0.842. The number of allylic oxidation sites excluding steroid dienone is 3. The number of nitrogens with two attached hydrogens (primary N) is 1. The van der Waals surface area contributed by atoms with Crippen LogP contribution in [0.1, 0.15) is 52.0 Å². The molecule has 0 saturated heterocycles. The summed E-state index contributed by atoms with van der Waals surface area (Å²) in [6.07, 6.45) is 1.13. The minimum atomic E-state index is -0.423. The van der Waals surface area contributed by atoms with Crippen LogP contribution in [0.2, 0.25) is 0 Å². The SMILES string of the molecule is CC(C)Sc1nnc(N2C(N)=C(C#N)C(c3ccsc3)C3=C2CC(C)(C)CC3=O)s1.